The second kappa shape index (κ2) is 2.92. The SMILES string of the molecule is CC(=O)OC1=CCSC1. The van der Waals surface area contributed by atoms with Crippen molar-refractivity contribution >= 4 is 17.7 Å². The molecule has 0 aromatic carbocycles. The molecule has 0 N–H and O–H groups in total. The Bertz CT molecular complexity index is 151. The second-order valence-electron chi connectivity index (χ2n) is 1.78. The van der Waals surface area contributed by atoms with E-state index in [0.717, 1.165) is 17.3 Å². The van der Waals surface area contributed by atoms with Crippen LogP contribution in [0.15, 0.2) is 11.8 Å². The lowest BCUT2D eigenvalue weighted by atomic mass is 10.5. The molecule has 1 rings (SSSR count). The van der Waals surface area contributed by atoms with Crippen LogP contribution in [0.4, 0.5) is 0 Å². The van der Waals surface area contributed by atoms with Crippen LogP contribution < -0.4 is 0 Å². The fraction of sp³-hybridized carbons (Fsp3) is 0.500. The molecule has 2 nitrogen and oxygen atoms in total. The highest BCUT2D eigenvalue weighted by atomic mass is 32.2. The molecule has 50 valence electrons. The summed E-state index contributed by atoms with van der Waals surface area (Å²) in [5.74, 6) is 2.42. The number of ether oxygens (including phenoxy) is 1. The Morgan fingerprint density at radius 3 is 3.11 bits per heavy atom. The molecule has 0 aliphatic carbocycles. The van der Waals surface area contributed by atoms with Crippen LogP contribution in [0.5, 0.6) is 0 Å². The first-order valence-electron chi connectivity index (χ1n) is 2.74. The molecule has 0 unspecified atom stereocenters. The van der Waals surface area contributed by atoms with Gasteiger partial charge in [0.05, 0.1) is 5.75 Å². The Labute approximate surface area is 58.3 Å². The maximum absolute atomic E-state index is 10.3. The Kier molecular flexibility index (Phi) is 2.16. The van der Waals surface area contributed by atoms with Crippen molar-refractivity contribution in [3.63, 3.8) is 0 Å². The number of hydrogen-bond acceptors (Lipinski definition) is 3. The van der Waals surface area contributed by atoms with Crippen molar-refractivity contribution in [1.29, 1.82) is 0 Å². The van der Waals surface area contributed by atoms with E-state index >= 15 is 0 Å². The lowest BCUT2D eigenvalue weighted by Crippen LogP contribution is -1.97. The van der Waals surface area contributed by atoms with E-state index in [-0.39, 0.29) is 5.97 Å². The highest BCUT2D eigenvalue weighted by Crippen LogP contribution is 2.17. The summed E-state index contributed by atoms with van der Waals surface area (Å²) >= 11 is 1.75. The van der Waals surface area contributed by atoms with Gasteiger partial charge in [-0.3, -0.25) is 4.79 Å². The van der Waals surface area contributed by atoms with Crippen LogP contribution in [0.3, 0.4) is 0 Å². The molecule has 1 aliphatic rings. The molecule has 0 atom stereocenters. The molecule has 1 aliphatic heterocycles. The topological polar surface area (TPSA) is 26.3 Å². The Morgan fingerprint density at radius 1 is 1.89 bits per heavy atom. The van der Waals surface area contributed by atoms with E-state index in [1.54, 1.807) is 11.8 Å². The number of esters is 1. The molecule has 0 radical (unpaired) electrons. The van der Waals surface area contributed by atoms with E-state index in [0.29, 0.717) is 0 Å². The van der Waals surface area contributed by atoms with E-state index < -0.39 is 0 Å². The first-order valence-corrected chi connectivity index (χ1v) is 3.89. The predicted octanol–water partition coefficient (Wildman–Crippen LogP) is 1.18. The maximum Gasteiger partial charge on any atom is 0.307 e. The van der Waals surface area contributed by atoms with Crippen molar-refractivity contribution in [3.05, 3.63) is 11.8 Å². The zero-order chi connectivity index (χ0) is 6.69. The van der Waals surface area contributed by atoms with Gasteiger partial charge in [0.25, 0.3) is 0 Å². The first kappa shape index (κ1) is 6.68. The molecule has 0 aromatic heterocycles. The number of rotatable bonds is 1. The summed E-state index contributed by atoms with van der Waals surface area (Å²) in [5.41, 5.74) is 0. The summed E-state index contributed by atoms with van der Waals surface area (Å²) in [5, 5.41) is 0. The average Bonchev–Trinajstić information content (AvgIpc) is 2.15. The minimum Gasteiger partial charge on any atom is -0.431 e. The van der Waals surface area contributed by atoms with Crippen molar-refractivity contribution in [2.45, 2.75) is 6.92 Å². The third-order valence-electron chi connectivity index (χ3n) is 0.948. The molecule has 3 heteroatoms. The third-order valence-corrected chi connectivity index (χ3v) is 1.84. The fourth-order valence-electron chi connectivity index (χ4n) is 0.626. The lowest BCUT2D eigenvalue weighted by molar-refractivity contribution is -0.136. The second-order valence-corrected chi connectivity index (χ2v) is 2.81. The molecule has 0 saturated heterocycles. The minimum absolute atomic E-state index is 0.219. The van der Waals surface area contributed by atoms with Gasteiger partial charge < -0.3 is 4.74 Å². The smallest absolute Gasteiger partial charge is 0.307 e. The van der Waals surface area contributed by atoms with E-state index in [1.807, 2.05) is 6.08 Å². The van der Waals surface area contributed by atoms with Gasteiger partial charge in [-0.25, -0.2) is 0 Å². The van der Waals surface area contributed by atoms with Crippen molar-refractivity contribution in [2.24, 2.45) is 0 Å². The fourth-order valence-corrected chi connectivity index (χ4v) is 1.43. The van der Waals surface area contributed by atoms with Gasteiger partial charge >= 0.3 is 5.97 Å². The van der Waals surface area contributed by atoms with Crippen LogP contribution in [0.25, 0.3) is 0 Å². The van der Waals surface area contributed by atoms with Gasteiger partial charge in [-0.05, 0) is 6.08 Å². The van der Waals surface area contributed by atoms with Crippen LogP contribution in [-0.2, 0) is 9.53 Å². The molecular formula is C6H8O2S. The number of carbonyl (C=O) groups is 1. The highest BCUT2D eigenvalue weighted by Gasteiger charge is 2.06. The van der Waals surface area contributed by atoms with Crippen LogP contribution >= 0.6 is 11.8 Å². The van der Waals surface area contributed by atoms with Crippen molar-refractivity contribution in [3.8, 4) is 0 Å². The van der Waals surface area contributed by atoms with Gasteiger partial charge in [-0.1, -0.05) is 0 Å². The van der Waals surface area contributed by atoms with Crippen LogP contribution in [-0.4, -0.2) is 17.5 Å². The van der Waals surface area contributed by atoms with Gasteiger partial charge in [0.1, 0.15) is 5.76 Å². The molecule has 0 saturated carbocycles. The molecule has 0 aromatic rings. The third kappa shape index (κ3) is 2.10. The molecule has 0 fully saturated rings. The lowest BCUT2D eigenvalue weighted by Gasteiger charge is -1.97. The van der Waals surface area contributed by atoms with Gasteiger partial charge in [-0.2, -0.15) is 0 Å². The summed E-state index contributed by atoms with van der Waals surface area (Å²) in [7, 11) is 0. The molecule has 0 amide bonds. The Balaban J connectivity index is 2.35. The number of hydrogen-bond donors (Lipinski definition) is 0. The van der Waals surface area contributed by atoms with E-state index in [4.69, 9.17) is 4.74 Å². The zero-order valence-corrected chi connectivity index (χ0v) is 6.03. The molecule has 1 heterocycles. The summed E-state index contributed by atoms with van der Waals surface area (Å²) < 4.78 is 4.81. The predicted molar refractivity (Wildman–Crippen MR) is 37.2 cm³/mol. The van der Waals surface area contributed by atoms with Gasteiger partial charge in [0.15, 0.2) is 0 Å². The van der Waals surface area contributed by atoms with E-state index in [1.165, 1.54) is 6.92 Å². The number of carbonyl (C=O) groups excluding carboxylic acids is 1. The first-order chi connectivity index (χ1) is 4.29. The normalized spacial score (nSPS) is 17.2. The van der Waals surface area contributed by atoms with Crippen LogP contribution in [0.1, 0.15) is 6.92 Å². The largest absolute Gasteiger partial charge is 0.431 e. The van der Waals surface area contributed by atoms with Crippen LogP contribution in [0, 0.1) is 0 Å². The summed E-state index contributed by atoms with van der Waals surface area (Å²) in [4.78, 5) is 10.3. The van der Waals surface area contributed by atoms with Crippen LogP contribution in [0.2, 0.25) is 0 Å². The zero-order valence-electron chi connectivity index (χ0n) is 5.22. The van der Waals surface area contributed by atoms with Crippen molar-refractivity contribution in [1.82, 2.24) is 0 Å². The molecular weight excluding hydrogens is 136 g/mol. The highest BCUT2D eigenvalue weighted by molar-refractivity contribution is 7.99. The van der Waals surface area contributed by atoms with Crippen molar-refractivity contribution in [2.75, 3.05) is 11.5 Å². The molecule has 0 bridgehead atoms. The van der Waals surface area contributed by atoms with Crippen molar-refractivity contribution < 1.29 is 9.53 Å². The van der Waals surface area contributed by atoms with E-state index in [2.05, 4.69) is 0 Å². The standard InChI is InChI=1S/C6H8O2S/c1-5(7)8-6-2-3-9-4-6/h2H,3-4H2,1H3. The quantitative estimate of drug-likeness (QED) is 0.517. The molecule has 9 heavy (non-hydrogen) atoms. The maximum atomic E-state index is 10.3. The Hall–Kier alpha value is -0.440. The van der Waals surface area contributed by atoms with Gasteiger partial charge in [-0.15, -0.1) is 11.8 Å². The monoisotopic (exact) mass is 144 g/mol. The summed E-state index contributed by atoms with van der Waals surface area (Å²) in [6.07, 6.45) is 1.94. The summed E-state index contributed by atoms with van der Waals surface area (Å²) in [6, 6.07) is 0. The van der Waals surface area contributed by atoms with E-state index in [9.17, 15) is 4.79 Å². The summed E-state index contributed by atoms with van der Waals surface area (Å²) in [6.45, 7) is 1.42. The van der Waals surface area contributed by atoms with Gasteiger partial charge in [0, 0.05) is 12.7 Å². The van der Waals surface area contributed by atoms with Gasteiger partial charge in [0.2, 0.25) is 0 Å². The Morgan fingerprint density at radius 2 is 2.67 bits per heavy atom. The molecule has 0 spiro atoms. The number of thioether (sulfide) groups is 1. The average molecular weight is 144 g/mol. The minimum atomic E-state index is -0.219.